The van der Waals surface area contributed by atoms with Crippen molar-refractivity contribution in [3.8, 4) is 0 Å². The van der Waals surface area contributed by atoms with Crippen molar-refractivity contribution >= 4 is 15.9 Å². The fourth-order valence-electron chi connectivity index (χ4n) is 1.24. The van der Waals surface area contributed by atoms with Gasteiger partial charge in [0.1, 0.15) is 0 Å². The summed E-state index contributed by atoms with van der Waals surface area (Å²) in [5.41, 5.74) is 7.06. The second-order valence-corrected chi connectivity index (χ2v) is 3.97. The van der Waals surface area contributed by atoms with Gasteiger partial charge in [0.25, 0.3) is 0 Å². The normalized spacial score (nSPS) is 12.8. The molecular weight excluding hydrogens is 230 g/mol. The van der Waals surface area contributed by atoms with Gasteiger partial charge in [-0.1, -0.05) is 28.1 Å². The van der Waals surface area contributed by atoms with Crippen LogP contribution < -0.4 is 5.73 Å². The second kappa shape index (κ2) is 5.37. The number of halogens is 1. The Balaban J connectivity index is 2.53. The molecule has 0 aliphatic carbocycles. The first-order valence-electron chi connectivity index (χ1n) is 4.21. The van der Waals surface area contributed by atoms with Gasteiger partial charge < -0.3 is 10.5 Å². The van der Waals surface area contributed by atoms with Gasteiger partial charge in [0.2, 0.25) is 0 Å². The highest BCUT2D eigenvalue weighted by molar-refractivity contribution is 9.10. The number of nitrogens with two attached hydrogens (primary N) is 1. The zero-order valence-corrected chi connectivity index (χ0v) is 9.25. The van der Waals surface area contributed by atoms with Crippen molar-refractivity contribution in [1.29, 1.82) is 0 Å². The summed E-state index contributed by atoms with van der Waals surface area (Å²) in [6.07, 6.45) is 0.854. The molecule has 13 heavy (non-hydrogen) atoms. The minimum absolute atomic E-state index is 0.0827. The number of ether oxygens (including phenoxy) is 1. The van der Waals surface area contributed by atoms with Gasteiger partial charge in [0, 0.05) is 17.6 Å². The number of hydrogen-bond acceptors (Lipinski definition) is 2. The Morgan fingerprint density at radius 1 is 1.54 bits per heavy atom. The van der Waals surface area contributed by atoms with Crippen LogP contribution >= 0.6 is 15.9 Å². The third-order valence-corrected chi connectivity index (χ3v) is 2.26. The van der Waals surface area contributed by atoms with Crippen LogP contribution in [0.1, 0.15) is 5.56 Å². The second-order valence-electron chi connectivity index (χ2n) is 3.05. The van der Waals surface area contributed by atoms with E-state index >= 15 is 0 Å². The van der Waals surface area contributed by atoms with Gasteiger partial charge in [-0.3, -0.25) is 0 Å². The number of methoxy groups -OCH3 is 1. The molecule has 0 heterocycles. The van der Waals surface area contributed by atoms with Crippen LogP contribution in [0.25, 0.3) is 0 Å². The summed E-state index contributed by atoms with van der Waals surface area (Å²) < 4.78 is 6.06. The predicted octanol–water partition coefficient (Wildman–Crippen LogP) is 1.97. The zero-order chi connectivity index (χ0) is 9.68. The van der Waals surface area contributed by atoms with Gasteiger partial charge in [-0.2, -0.15) is 0 Å². The highest BCUT2D eigenvalue weighted by Crippen LogP contribution is 2.12. The van der Waals surface area contributed by atoms with Crippen molar-refractivity contribution in [2.24, 2.45) is 5.73 Å². The highest BCUT2D eigenvalue weighted by Gasteiger charge is 2.03. The van der Waals surface area contributed by atoms with E-state index in [1.165, 1.54) is 5.56 Å². The fourth-order valence-corrected chi connectivity index (χ4v) is 1.69. The number of benzene rings is 1. The Bertz CT molecular complexity index is 265. The molecule has 0 amide bonds. The molecular formula is C10H14BrNO. The zero-order valence-electron chi connectivity index (χ0n) is 7.66. The summed E-state index contributed by atoms with van der Waals surface area (Å²) in [6, 6.07) is 8.25. The minimum Gasteiger partial charge on any atom is -0.383 e. The van der Waals surface area contributed by atoms with Crippen LogP contribution in [-0.4, -0.2) is 19.8 Å². The Morgan fingerprint density at radius 2 is 2.31 bits per heavy atom. The quantitative estimate of drug-likeness (QED) is 0.878. The van der Waals surface area contributed by atoms with Gasteiger partial charge in [-0.15, -0.1) is 0 Å². The lowest BCUT2D eigenvalue weighted by atomic mass is 10.1. The maximum absolute atomic E-state index is 5.83. The first-order chi connectivity index (χ1) is 6.22. The average molecular weight is 244 g/mol. The predicted molar refractivity (Wildman–Crippen MR) is 57.7 cm³/mol. The van der Waals surface area contributed by atoms with Crippen LogP contribution in [0.5, 0.6) is 0 Å². The third-order valence-electron chi connectivity index (χ3n) is 1.77. The summed E-state index contributed by atoms with van der Waals surface area (Å²) >= 11 is 3.42. The van der Waals surface area contributed by atoms with Gasteiger partial charge in [-0.05, 0) is 24.1 Å². The third kappa shape index (κ3) is 3.89. The van der Waals surface area contributed by atoms with E-state index < -0.39 is 0 Å². The van der Waals surface area contributed by atoms with Gasteiger partial charge >= 0.3 is 0 Å². The Hall–Kier alpha value is -0.380. The van der Waals surface area contributed by atoms with E-state index in [-0.39, 0.29) is 6.04 Å². The van der Waals surface area contributed by atoms with Crippen molar-refractivity contribution in [3.63, 3.8) is 0 Å². The van der Waals surface area contributed by atoms with Gasteiger partial charge in [-0.25, -0.2) is 0 Å². The molecule has 0 aromatic heterocycles. The van der Waals surface area contributed by atoms with E-state index in [2.05, 4.69) is 28.1 Å². The Labute approximate surface area is 87.2 Å². The van der Waals surface area contributed by atoms with E-state index in [1.54, 1.807) is 7.11 Å². The van der Waals surface area contributed by atoms with Crippen molar-refractivity contribution in [2.75, 3.05) is 13.7 Å². The van der Waals surface area contributed by atoms with E-state index in [0.717, 1.165) is 10.9 Å². The van der Waals surface area contributed by atoms with Crippen LogP contribution in [-0.2, 0) is 11.2 Å². The summed E-state index contributed by atoms with van der Waals surface area (Å²) in [5.74, 6) is 0. The topological polar surface area (TPSA) is 35.2 Å². The molecule has 0 radical (unpaired) electrons. The molecule has 0 fully saturated rings. The Morgan fingerprint density at radius 3 is 2.92 bits per heavy atom. The summed E-state index contributed by atoms with van der Waals surface area (Å²) in [4.78, 5) is 0. The van der Waals surface area contributed by atoms with Crippen molar-refractivity contribution in [2.45, 2.75) is 12.5 Å². The van der Waals surface area contributed by atoms with Crippen LogP contribution in [0.4, 0.5) is 0 Å². The number of rotatable bonds is 4. The first kappa shape index (κ1) is 10.7. The standard InChI is InChI=1S/C10H14BrNO/c1-13-7-10(12)6-8-3-2-4-9(11)5-8/h2-5,10H,6-7,12H2,1H3. The smallest absolute Gasteiger partial charge is 0.0616 e. The minimum atomic E-state index is 0.0827. The van der Waals surface area contributed by atoms with Crippen molar-refractivity contribution < 1.29 is 4.74 Å². The maximum Gasteiger partial charge on any atom is 0.0616 e. The monoisotopic (exact) mass is 243 g/mol. The Kier molecular flexibility index (Phi) is 4.42. The van der Waals surface area contributed by atoms with Crippen LogP contribution in [0.15, 0.2) is 28.7 Å². The van der Waals surface area contributed by atoms with E-state index in [4.69, 9.17) is 10.5 Å². The molecule has 1 aromatic rings. The summed E-state index contributed by atoms with van der Waals surface area (Å²) in [5, 5.41) is 0. The molecule has 2 N–H and O–H groups in total. The molecule has 3 heteroatoms. The highest BCUT2D eigenvalue weighted by atomic mass is 79.9. The van der Waals surface area contributed by atoms with E-state index in [0.29, 0.717) is 6.61 Å². The lowest BCUT2D eigenvalue weighted by Gasteiger charge is -2.10. The molecule has 0 aliphatic heterocycles. The van der Waals surface area contributed by atoms with Crippen molar-refractivity contribution in [1.82, 2.24) is 0 Å². The summed E-state index contributed by atoms with van der Waals surface area (Å²) in [6.45, 7) is 0.604. The van der Waals surface area contributed by atoms with Crippen molar-refractivity contribution in [3.05, 3.63) is 34.3 Å². The fraction of sp³-hybridized carbons (Fsp3) is 0.400. The molecule has 2 nitrogen and oxygen atoms in total. The molecule has 0 saturated heterocycles. The van der Waals surface area contributed by atoms with Gasteiger partial charge in [0.05, 0.1) is 6.61 Å². The average Bonchev–Trinajstić information content (AvgIpc) is 2.04. The lowest BCUT2D eigenvalue weighted by molar-refractivity contribution is 0.180. The molecule has 1 atom stereocenters. The molecule has 0 spiro atoms. The molecule has 1 rings (SSSR count). The van der Waals surface area contributed by atoms with Gasteiger partial charge in [0.15, 0.2) is 0 Å². The van der Waals surface area contributed by atoms with Crippen LogP contribution in [0.3, 0.4) is 0 Å². The summed E-state index contributed by atoms with van der Waals surface area (Å²) in [7, 11) is 1.67. The first-order valence-corrected chi connectivity index (χ1v) is 5.00. The molecule has 0 bridgehead atoms. The molecule has 0 saturated carbocycles. The van der Waals surface area contributed by atoms with E-state index in [1.807, 2.05) is 12.1 Å². The SMILES string of the molecule is COCC(N)Cc1cccc(Br)c1. The molecule has 1 aromatic carbocycles. The van der Waals surface area contributed by atoms with Crippen LogP contribution in [0.2, 0.25) is 0 Å². The largest absolute Gasteiger partial charge is 0.383 e. The lowest BCUT2D eigenvalue weighted by Crippen LogP contribution is -2.27. The van der Waals surface area contributed by atoms with Crippen LogP contribution in [0, 0.1) is 0 Å². The molecule has 1 unspecified atom stereocenters. The molecule has 72 valence electrons. The number of hydrogen-bond donors (Lipinski definition) is 1. The van der Waals surface area contributed by atoms with E-state index in [9.17, 15) is 0 Å². The maximum atomic E-state index is 5.83. The molecule has 0 aliphatic rings.